The van der Waals surface area contributed by atoms with Crippen LogP contribution in [0.2, 0.25) is 5.02 Å². The summed E-state index contributed by atoms with van der Waals surface area (Å²) < 4.78 is 0. The lowest BCUT2D eigenvalue weighted by atomic mass is 9.97. The van der Waals surface area contributed by atoms with Crippen molar-refractivity contribution in [2.24, 2.45) is 5.41 Å². The molecule has 3 rings (SSSR count). The number of carbonyl (C=O) groups excluding carboxylic acids is 1. The van der Waals surface area contributed by atoms with E-state index in [1.807, 2.05) is 30.3 Å². The molecule has 2 N–H and O–H groups in total. The second-order valence-electron chi connectivity index (χ2n) is 8.49. The summed E-state index contributed by atoms with van der Waals surface area (Å²) in [6, 6.07) is 12.1. The second-order valence-corrected chi connectivity index (χ2v) is 9.89. The van der Waals surface area contributed by atoms with Crippen LogP contribution in [0.5, 0.6) is 0 Å². The average Bonchev–Trinajstić information content (AvgIpc) is 2.91. The van der Waals surface area contributed by atoms with Crippen molar-refractivity contribution in [2.75, 3.05) is 19.6 Å². The van der Waals surface area contributed by atoms with Crippen LogP contribution in [0.4, 0.5) is 0 Å². The average molecular weight is 453 g/mol. The molecule has 0 spiro atoms. The van der Waals surface area contributed by atoms with E-state index >= 15 is 0 Å². The molecule has 0 saturated carbocycles. The van der Waals surface area contributed by atoms with Crippen molar-refractivity contribution in [3.63, 3.8) is 0 Å². The molecule has 29 heavy (non-hydrogen) atoms. The summed E-state index contributed by atoms with van der Waals surface area (Å²) in [5.41, 5.74) is 4.77. The number of amides is 1. The molecular weight excluding hydrogens is 423 g/mol. The van der Waals surface area contributed by atoms with Crippen molar-refractivity contribution in [1.82, 2.24) is 10.6 Å². The van der Waals surface area contributed by atoms with E-state index in [0.29, 0.717) is 12.1 Å². The van der Waals surface area contributed by atoms with Gasteiger partial charge in [0.15, 0.2) is 0 Å². The van der Waals surface area contributed by atoms with Crippen molar-refractivity contribution in [1.29, 1.82) is 0 Å². The zero-order chi connectivity index (χ0) is 20.1. The molecule has 0 fully saturated rings. The Kier molecular flexibility index (Phi) is 8.90. The van der Waals surface area contributed by atoms with Crippen LogP contribution in [0.15, 0.2) is 41.3 Å². The topological polar surface area (TPSA) is 41.1 Å². The first-order valence-corrected chi connectivity index (χ1v) is 11.2. The predicted octanol–water partition coefficient (Wildman–Crippen LogP) is 5.52. The van der Waals surface area contributed by atoms with E-state index in [0.717, 1.165) is 36.7 Å². The van der Waals surface area contributed by atoms with E-state index in [-0.39, 0.29) is 23.7 Å². The predicted molar refractivity (Wildman–Crippen MR) is 127 cm³/mol. The highest BCUT2D eigenvalue weighted by molar-refractivity contribution is 7.98. The number of hydrogen-bond donors (Lipinski definition) is 2. The first-order valence-electron chi connectivity index (χ1n) is 9.84. The molecule has 0 radical (unpaired) electrons. The van der Waals surface area contributed by atoms with Crippen molar-refractivity contribution < 1.29 is 4.79 Å². The van der Waals surface area contributed by atoms with Gasteiger partial charge in [0.1, 0.15) is 0 Å². The maximum absolute atomic E-state index is 12.3. The van der Waals surface area contributed by atoms with Gasteiger partial charge in [0.25, 0.3) is 5.91 Å². The largest absolute Gasteiger partial charge is 0.352 e. The van der Waals surface area contributed by atoms with Crippen LogP contribution < -0.4 is 10.6 Å². The van der Waals surface area contributed by atoms with Gasteiger partial charge in [-0.25, -0.2) is 0 Å². The Labute approximate surface area is 189 Å². The van der Waals surface area contributed by atoms with Crippen LogP contribution in [0, 0.1) is 5.41 Å². The van der Waals surface area contributed by atoms with Gasteiger partial charge in [-0.05, 0) is 66.2 Å². The molecular formula is C23H30Cl2N2OS. The van der Waals surface area contributed by atoms with E-state index in [4.69, 9.17) is 11.6 Å². The molecule has 0 saturated heterocycles. The highest BCUT2D eigenvalue weighted by atomic mass is 35.5. The first-order chi connectivity index (χ1) is 13.3. The Morgan fingerprint density at radius 2 is 1.79 bits per heavy atom. The van der Waals surface area contributed by atoms with E-state index in [1.165, 1.54) is 21.6 Å². The summed E-state index contributed by atoms with van der Waals surface area (Å²) >= 11 is 8.32. The summed E-state index contributed by atoms with van der Waals surface area (Å²) in [7, 11) is 0. The number of halogens is 2. The molecule has 0 atom stereocenters. The van der Waals surface area contributed by atoms with Crippen molar-refractivity contribution in [3.8, 4) is 0 Å². The lowest BCUT2D eigenvalue weighted by Crippen LogP contribution is -2.32. The summed E-state index contributed by atoms with van der Waals surface area (Å²) in [6.07, 6.45) is 2.07. The summed E-state index contributed by atoms with van der Waals surface area (Å²) in [6.45, 7) is 9.02. The fourth-order valence-electron chi connectivity index (χ4n) is 3.22. The van der Waals surface area contributed by atoms with E-state index in [9.17, 15) is 4.79 Å². The Morgan fingerprint density at radius 1 is 1.10 bits per heavy atom. The molecule has 0 aromatic heterocycles. The fraction of sp³-hybridized carbons (Fsp3) is 0.435. The van der Waals surface area contributed by atoms with Gasteiger partial charge in [0.2, 0.25) is 0 Å². The van der Waals surface area contributed by atoms with E-state index in [2.05, 4.69) is 37.5 Å². The summed E-state index contributed by atoms with van der Waals surface area (Å²) in [4.78, 5) is 13.5. The maximum Gasteiger partial charge on any atom is 0.251 e. The number of benzene rings is 2. The van der Waals surface area contributed by atoms with Gasteiger partial charge < -0.3 is 10.6 Å². The van der Waals surface area contributed by atoms with Crippen LogP contribution in [0.25, 0.3) is 0 Å². The van der Waals surface area contributed by atoms with Crippen LogP contribution >= 0.6 is 35.8 Å². The molecule has 0 bridgehead atoms. The van der Waals surface area contributed by atoms with Gasteiger partial charge in [0.05, 0.1) is 5.02 Å². The third kappa shape index (κ3) is 6.92. The van der Waals surface area contributed by atoms with Gasteiger partial charge in [0, 0.05) is 22.8 Å². The quantitative estimate of drug-likeness (QED) is 0.586. The zero-order valence-electron chi connectivity index (χ0n) is 17.3. The lowest BCUT2D eigenvalue weighted by Gasteiger charge is -2.18. The van der Waals surface area contributed by atoms with Crippen molar-refractivity contribution in [2.45, 2.75) is 44.3 Å². The SMILES string of the molecule is CC(C)(C)CNC(=O)c1ccc(CSc2c(Cl)ccc3c2CCNCC3)cc1.Cl. The molecule has 1 aliphatic rings. The lowest BCUT2D eigenvalue weighted by molar-refractivity contribution is 0.0939. The van der Waals surface area contributed by atoms with Gasteiger partial charge in [-0.2, -0.15) is 0 Å². The standard InChI is InChI=1S/C23H29ClN2OS.ClH/c1-23(2,3)15-26-22(27)18-6-4-16(5-7-18)14-28-21-19-11-13-25-12-10-17(19)8-9-20(21)24;/h4-9,25H,10-15H2,1-3H3,(H,26,27);1H. The molecule has 2 aromatic carbocycles. The minimum absolute atomic E-state index is 0. The molecule has 0 unspecified atom stereocenters. The van der Waals surface area contributed by atoms with Gasteiger partial charge in [-0.3, -0.25) is 4.79 Å². The van der Waals surface area contributed by atoms with E-state index in [1.54, 1.807) is 11.8 Å². The second kappa shape index (κ2) is 10.7. The van der Waals surface area contributed by atoms with Gasteiger partial charge in [-0.15, -0.1) is 24.2 Å². The Bertz CT molecular complexity index is 832. The third-order valence-electron chi connectivity index (χ3n) is 4.81. The van der Waals surface area contributed by atoms with Crippen LogP contribution in [-0.2, 0) is 18.6 Å². The molecule has 1 amide bonds. The molecule has 6 heteroatoms. The number of carbonyl (C=O) groups is 1. The number of thioether (sulfide) groups is 1. The molecule has 1 heterocycles. The minimum atomic E-state index is -0.0157. The first kappa shape index (κ1) is 24.1. The number of nitrogens with one attached hydrogen (secondary N) is 2. The van der Waals surface area contributed by atoms with Crippen LogP contribution in [0.1, 0.15) is 47.8 Å². The minimum Gasteiger partial charge on any atom is -0.352 e. The smallest absolute Gasteiger partial charge is 0.251 e. The monoisotopic (exact) mass is 452 g/mol. The van der Waals surface area contributed by atoms with Gasteiger partial charge >= 0.3 is 0 Å². The normalized spacial score (nSPS) is 13.8. The van der Waals surface area contributed by atoms with Crippen LogP contribution in [0.3, 0.4) is 0 Å². The maximum atomic E-state index is 12.3. The highest BCUT2D eigenvalue weighted by Gasteiger charge is 2.16. The Balaban J connectivity index is 0.00000300. The summed E-state index contributed by atoms with van der Waals surface area (Å²) in [5, 5.41) is 7.29. The molecule has 1 aliphatic heterocycles. The van der Waals surface area contributed by atoms with Crippen molar-refractivity contribution in [3.05, 3.63) is 63.7 Å². The molecule has 158 valence electrons. The number of rotatable bonds is 5. The van der Waals surface area contributed by atoms with Crippen molar-refractivity contribution >= 4 is 41.7 Å². The molecule has 0 aliphatic carbocycles. The molecule has 3 nitrogen and oxygen atoms in total. The third-order valence-corrected chi connectivity index (χ3v) is 6.47. The zero-order valence-corrected chi connectivity index (χ0v) is 19.7. The van der Waals surface area contributed by atoms with Gasteiger partial charge in [-0.1, -0.05) is 50.6 Å². The summed E-state index contributed by atoms with van der Waals surface area (Å²) in [5.74, 6) is 0.825. The Hall–Kier alpha value is -1.20. The fourth-order valence-corrected chi connectivity index (χ4v) is 4.68. The highest BCUT2D eigenvalue weighted by Crippen LogP contribution is 2.36. The number of hydrogen-bond acceptors (Lipinski definition) is 3. The van der Waals surface area contributed by atoms with E-state index < -0.39 is 0 Å². The van der Waals surface area contributed by atoms with Crippen LogP contribution in [-0.4, -0.2) is 25.5 Å². The molecule has 2 aromatic rings. The number of fused-ring (bicyclic) bond motifs is 1. The Morgan fingerprint density at radius 3 is 2.48 bits per heavy atom.